The number of hydrogen-bond donors (Lipinski definition) is 1. The lowest BCUT2D eigenvalue weighted by atomic mass is 10.1. The van der Waals surface area contributed by atoms with Crippen LogP contribution in [0.5, 0.6) is 0 Å². The van der Waals surface area contributed by atoms with Gasteiger partial charge in [0, 0.05) is 13.0 Å². The van der Waals surface area contributed by atoms with Gasteiger partial charge in [-0.25, -0.2) is 4.57 Å². The first-order chi connectivity index (χ1) is 33.6. The molecule has 0 aromatic heterocycles. The molecule has 0 rings (SSSR count). The van der Waals surface area contributed by atoms with E-state index >= 15 is 0 Å². The zero-order valence-electron chi connectivity index (χ0n) is 44.0. The lowest BCUT2D eigenvalue weighted by molar-refractivity contribution is -0.870. The van der Waals surface area contributed by atoms with Crippen LogP contribution in [0.1, 0.15) is 155 Å². The molecule has 69 heavy (non-hydrogen) atoms. The molecule has 0 fully saturated rings. The van der Waals surface area contributed by atoms with Crippen molar-refractivity contribution in [3.63, 3.8) is 0 Å². The number of allylic oxidation sites excluding steroid dienone is 26. The van der Waals surface area contributed by atoms with Crippen molar-refractivity contribution < 1.29 is 37.3 Å². The fourth-order valence-corrected chi connectivity index (χ4v) is 6.86. The Labute approximate surface area is 422 Å². The Morgan fingerprint density at radius 2 is 0.797 bits per heavy atom. The highest BCUT2D eigenvalue weighted by atomic mass is 31.2. The minimum Gasteiger partial charge on any atom is -0.457 e. The van der Waals surface area contributed by atoms with Gasteiger partial charge in [-0.2, -0.15) is 0 Å². The van der Waals surface area contributed by atoms with Crippen LogP contribution in [0.4, 0.5) is 0 Å². The molecule has 0 aliphatic heterocycles. The van der Waals surface area contributed by atoms with Crippen molar-refractivity contribution in [3.05, 3.63) is 158 Å². The first-order valence-electron chi connectivity index (χ1n) is 26.2. The lowest BCUT2D eigenvalue weighted by Crippen LogP contribution is -2.37. The normalized spacial score (nSPS) is 14.8. The molecule has 2 unspecified atom stereocenters. The summed E-state index contributed by atoms with van der Waals surface area (Å²) in [5, 5.41) is 0. The smallest absolute Gasteiger partial charge is 0.457 e. The third kappa shape index (κ3) is 54.9. The Bertz CT molecular complexity index is 1650. The maximum Gasteiger partial charge on any atom is 0.472 e. The highest BCUT2D eigenvalue weighted by Crippen LogP contribution is 2.43. The highest BCUT2D eigenvalue weighted by Gasteiger charge is 2.26. The molecule has 9 heteroatoms. The number of rotatable bonds is 46. The van der Waals surface area contributed by atoms with Crippen LogP contribution in [0.2, 0.25) is 0 Å². The monoisotopic (exact) mass is 975 g/mol. The van der Waals surface area contributed by atoms with Crippen LogP contribution in [-0.4, -0.2) is 75.6 Å². The van der Waals surface area contributed by atoms with Gasteiger partial charge in [-0.05, 0) is 122 Å². The van der Waals surface area contributed by atoms with E-state index in [1.165, 1.54) is 0 Å². The molecule has 0 saturated carbocycles. The molecule has 0 radical (unpaired) electrons. The molecule has 388 valence electrons. The number of ether oxygens (including phenoxy) is 2. The molecular weight excluding hydrogens is 878 g/mol. The summed E-state index contributed by atoms with van der Waals surface area (Å²) in [7, 11) is 1.59. The Morgan fingerprint density at radius 3 is 1.17 bits per heavy atom. The van der Waals surface area contributed by atoms with Crippen molar-refractivity contribution >= 4 is 13.8 Å². The van der Waals surface area contributed by atoms with E-state index in [0.717, 1.165) is 128 Å². The zero-order valence-corrected chi connectivity index (χ0v) is 44.9. The van der Waals surface area contributed by atoms with Crippen LogP contribution in [0, 0.1) is 0 Å². The van der Waals surface area contributed by atoms with Gasteiger partial charge in [0.25, 0.3) is 0 Å². The van der Waals surface area contributed by atoms with E-state index in [0.29, 0.717) is 24.1 Å². The molecular formula is C60H97NO7P+. The second kappa shape index (κ2) is 50.5. The van der Waals surface area contributed by atoms with E-state index in [4.69, 9.17) is 18.5 Å². The number of likely N-dealkylation sites (N-methyl/N-ethyl adjacent to an activating group) is 1. The van der Waals surface area contributed by atoms with E-state index in [1.54, 1.807) is 0 Å². The van der Waals surface area contributed by atoms with Gasteiger partial charge in [0.1, 0.15) is 19.3 Å². The average molecular weight is 975 g/mol. The van der Waals surface area contributed by atoms with Crippen molar-refractivity contribution in [2.24, 2.45) is 0 Å². The molecule has 0 aliphatic rings. The van der Waals surface area contributed by atoms with E-state index < -0.39 is 13.9 Å². The van der Waals surface area contributed by atoms with Crippen molar-refractivity contribution in [1.82, 2.24) is 0 Å². The lowest BCUT2D eigenvalue weighted by Gasteiger charge is -2.24. The number of phosphoric ester groups is 1. The Kier molecular flexibility index (Phi) is 47.7. The van der Waals surface area contributed by atoms with Gasteiger partial charge in [-0.1, -0.05) is 185 Å². The summed E-state index contributed by atoms with van der Waals surface area (Å²) >= 11 is 0. The molecule has 0 amide bonds. The Balaban J connectivity index is 4.34. The van der Waals surface area contributed by atoms with Crippen LogP contribution in [0.15, 0.2) is 158 Å². The van der Waals surface area contributed by atoms with Gasteiger partial charge >= 0.3 is 13.8 Å². The molecule has 0 heterocycles. The molecule has 0 aromatic carbocycles. The largest absolute Gasteiger partial charge is 0.472 e. The third-order valence-electron chi connectivity index (χ3n) is 10.1. The molecule has 2 atom stereocenters. The summed E-state index contributed by atoms with van der Waals surface area (Å²) in [6, 6.07) is 0. The maximum absolute atomic E-state index is 12.8. The number of esters is 1. The second-order valence-electron chi connectivity index (χ2n) is 17.8. The van der Waals surface area contributed by atoms with Crippen LogP contribution in [-0.2, 0) is 27.9 Å². The third-order valence-corrected chi connectivity index (χ3v) is 11.1. The van der Waals surface area contributed by atoms with Crippen molar-refractivity contribution in [2.75, 3.05) is 54.1 Å². The van der Waals surface area contributed by atoms with Crippen molar-refractivity contribution in [2.45, 2.75) is 161 Å². The Hall–Kier alpha value is -3.88. The molecule has 0 spiro atoms. The predicted molar refractivity (Wildman–Crippen MR) is 297 cm³/mol. The van der Waals surface area contributed by atoms with Crippen molar-refractivity contribution in [3.8, 4) is 0 Å². The van der Waals surface area contributed by atoms with Gasteiger partial charge < -0.3 is 18.9 Å². The van der Waals surface area contributed by atoms with E-state index in [2.05, 4.69) is 172 Å². The van der Waals surface area contributed by atoms with Crippen LogP contribution in [0.3, 0.4) is 0 Å². The highest BCUT2D eigenvalue weighted by molar-refractivity contribution is 7.47. The molecule has 8 nitrogen and oxygen atoms in total. The number of hydrogen-bond acceptors (Lipinski definition) is 6. The number of carbonyl (C=O) groups is 1. The van der Waals surface area contributed by atoms with Gasteiger partial charge in [0.05, 0.1) is 34.4 Å². The van der Waals surface area contributed by atoms with Crippen molar-refractivity contribution in [1.29, 1.82) is 0 Å². The summed E-state index contributed by atoms with van der Waals surface area (Å²) in [6.45, 7) is 5.22. The molecule has 0 aromatic rings. The number of phosphoric acid groups is 1. The topological polar surface area (TPSA) is 91.3 Å². The van der Waals surface area contributed by atoms with Crippen LogP contribution in [0.25, 0.3) is 0 Å². The first-order valence-corrected chi connectivity index (χ1v) is 27.7. The fraction of sp³-hybridized carbons (Fsp3) is 0.550. The van der Waals surface area contributed by atoms with E-state index in [-0.39, 0.29) is 32.2 Å². The predicted octanol–water partition coefficient (Wildman–Crippen LogP) is 16.6. The minimum absolute atomic E-state index is 0.0638. The SMILES string of the molecule is CC/C=C\C/C=C\C/C=C\C/C=C\C/C=C\C/C=C\C/C=C\CCCCCCOCC(COP(=O)(O)OCC[N+](C)(C)C)OC(=O)CCCC/C=C\C/C=C\C/C=C\C/C=C\C/C=C\C/C=C\CC. The summed E-state index contributed by atoms with van der Waals surface area (Å²) in [5.74, 6) is -0.373. The fourth-order valence-electron chi connectivity index (χ4n) is 6.12. The minimum atomic E-state index is -4.32. The van der Waals surface area contributed by atoms with Gasteiger partial charge in [0.15, 0.2) is 0 Å². The summed E-state index contributed by atoms with van der Waals surface area (Å²) in [5.41, 5.74) is 0. The number of nitrogens with zero attached hydrogens (tertiary/aromatic N) is 1. The average Bonchev–Trinajstić information content (AvgIpc) is 3.31. The molecule has 0 saturated heterocycles. The molecule has 0 aliphatic carbocycles. The molecule has 0 bridgehead atoms. The van der Waals surface area contributed by atoms with E-state index in [9.17, 15) is 14.3 Å². The van der Waals surface area contributed by atoms with Crippen LogP contribution >= 0.6 is 7.82 Å². The Morgan fingerprint density at radius 1 is 0.449 bits per heavy atom. The van der Waals surface area contributed by atoms with Crippen LogP contribution < -0.4 is 0 Å². The van der Waals surface area contributed by atoms with Gasteiger partial charge in [-0.3, -0.25) is 13.8 Å². The summed E-state index contributed by atoms with van der Waals surface area (Å²) in [6.07, 6.45) is 77.3. The number of unbranched alkanes of at least 4 members (excludes halogenated alkanes) is 6. The summed E-state index contributed by atoms with van der Waals surface area (Å²) in [4.78, 5) is 23.0. The first kappa shape index (κ1) is 65.1. The number of quaternary nitrogens is 1. The zero-order chi connectivity index (χ0) is 50.5. The number of carbonyl (C=O) groups excluding carboxylic acids is 1. The molecule has 1 N–H and O–H groups in total. The van der Waals surface area contributed by atoms with E-state index in [1.807, 2.05) is 21.1 Å². The maximum atomic E-state index is 12.8. The van der Waals surface area contributed by atoms with Gasteiger partial charge in [-0.15, -0.1) is 0 Å². The van der Waals surface area contributed by atoms with Gasteiger partial charge in [0.2, 0.25) is 0 Å². The summed E-state index contributed by atoms with van der Waals surface area (Å²) < 4.78 is 35.1. The standard InChI is InChI=1S/C60H96NO7P/c1-6-8-10-12-14-16-18-20-22-24-26-28-29-30-31-32-34-36-38-40-42-44-46-48-50-52-55-65-57-59(58-67-69(63,64)66-56-54-61(3,4)5)68-60(62)53-51-49-47-45-43-41-39-37-35-33-27-25-23-21-19-17-15-13-11-9-7-2/h8-11,14-17,20-23,26-28,30-31,33-34,36-37,39-40,42-43,45,59H,6-7,12-13,18-19,24-25,29,32,35,38,41,44,46-58H2,1-5H3/p+1/b10-8-,11-9-,16-14-,17-15-,22-20-,23-21-,28-26-,31-30-,33-27-,36-34-,39-37-,42-40-,45-43-. The quantitative estimate of drug-likeness (QED) is 0.0214. The second-order valence-corrected chi connectivity index (χ2v) is 19.2.